The van der Waals surface area contributed by atoms with Crippen molar-refractivity contribution >= 4 is 5.96 Å². The van der Waals surface area contributed by atoms with Crippen LogP contribution in [-0.4, -0.2) is 58.3 Å². The molecule has 1 aromatic rings. The number of hydrogen-bond donors (Lipinski definition) is 2. The minimum atomic E-state index is 0.632. The summed E-state index contributed by atoms with van der Waals surface area (Å²) in [5.41, 5.74) is 0. The van der Waals surface area contributed by atoms with Crippen LogP contribution in [0, 0.1) is 5.92 Å². The van der Waals surface area contributed by atoms with Crippen LogP contribution >= 0.6 is 0 Å². The number of aryl methyl sites for hydroxylation is 1. The molecule has 0 aromatic carbocycles. The Hall–Kier alpha value is -1.63. The SMILES string of the molecule is CN=C(NCc1ncnn1C)NCC1CCCN1CC1CCCCC1. The number of guanidine groups is 1. The largest absolute Gasteiger partial charge is 0.355 e. The van der Waals surface area contributed by atoms with E-state index in [4.69, 9.17) is 0 Å². The Morgan fingerprint density at radius 3 is 2.76 bits per heavy atom. The van der Waals surface area contributed by atoms with Gasteiger partial charge in [-0.05, 0) is 38.1 Å². The Labute approximate surface area is 151 Å². The number of hydrogen-bond acceptors (Lipinski definition) is 4. The molecule has 1 saturated heterocycles. The van der Waals surface area contributed by atoms with Gasteiger partial charge in [0, 0.05) is 33.2 Å². The lowest BCUT2D eigenvalue weighted by Crippen LogP contribution is -2.46. The maximum Gasteiger partial charge on any atom is 0.191 e. The van der Waals surface area contributed by atoms with Crippen molar-refractivity contribution < 1.29 is 0 Å². The Kier molecular flexibility index (Phi) is 6.67. The molecule has 2 heterocycles. The van der Waals surface area contributed by atoms with Crippen molar-refractivity contribution in [2.24, 2.45) is 18.0 Å². The summed E-state index contributed by atoms with van der Waals surface area (Å²) in [5.74, 6) is 2.66. The predicted molar refractivity (Wildman–Crippen MR) is 100 cm³/mol. The number of nitrogens with one attached hydrogen (secondary N) is 2. The van der Waals surface area contributed by atoms with Gasteiger partial charge in [-0.25, -0.2) is 4.98 Å². The second-order valence-corrected chi connectivity index (χ2v) is 7.40. The van der Waals surface area contributed by atoms with Crippen molar-refractivity contribution in [3.8, 4) is 0 Å². The third-order valence-electron chi connectivity index (χ3n) is 5.66. The van der Waals surface area contributed by atoms with Crippen LogP contribution in [0.4, 0.5) is 0 Å². The molecule has 140 valence electrons. The van der Waals surface area contributed by atoms with Crippen molar-refractivity contribution in [3.05, 3.63) is 12.2 Å². The molecule has 1 atom stereocenters. The maximum absolute atomic E-state index is 4.34. The van der Waals surface area contributed by atoms with Crippen LogP contribution in [0.25, 0.3) is 0 Å². The molecule has 25 heavy (non-hydrogen) atoms. The topological polar surface area (TPSA) is 70.4 Å². The first kappa shape index (κ1) is 18.2. The van der Waals surface area contributed by atoms with E-state index < -0.39 is 0 Å². The van der Waals surface area contributed by atoms with Crippen LogP contribution < -0.4 is 10.6 Å². The molecule has 3 rings (SSSR count). The molecule has 0 spiro atoms. The number of rotatable bonds is 6. The maximum atomic E-state index is 4.34. The number of aliphatic imine (C=N–C) groups is 1. The fourth-order valence-electron chi connectivity index (χ4n) is 4.15. The molecule has 1 aromatic heterocycles. The molecule has 1 aliphatic heterocycles. The van der Waals surface area contributed by atoms with E-state index in [9.17, 15) is 0 Å². The van der Waals surface area contributed by atoms with E-state index in [0.29, 0.717) is 12.6 Å². The fourth-order valence-corrected chi connectivity index (χ4v) is 4.15. The normalized spacial score (nSPS) is 23.1. The quantitative estimate of drug-likeness (QED) is 0.603. The zero-order valence-electron chi connectivity index (χ0n) is 15.7. The van der Waals surface area contributed by atoms with Crippen LogP contribution in [0.3, 0.4) is 0 Å². The Balaban J connectivity index is 1.43. The molecule has 2 fully saturated rings. The average Bonchev–Trinajstić information content (AvgIpc) is 3.25. The lowest BCUT2D eigenvalue weighted by atomic mass is 9.89. The molecular weight excluding hydrogens is 314 g/mol. The molecule has 1 unspecified atom stereocenters. The highest BCUT2D eigenvalue weighted by Crippen LogP contribution is 2.27. The molecule has 7 nitrogen and oxygen atoms in total. The van der Waals surface area contributed by atoms with Gasteiger partial charge in [-0.15, -0.1) is 0 Å². The van der Waals surface area contributed by atoms with E-state index in [1.54, 1.807) is 11.0 Å². The minimum absolute atomic E-state index is 0.632. The number of nitrogens with zero attached hydrogens (tertiary/aromatic N) is 5. The van der Waals surface area contributed by atoms with E-state index in [-0.39, 0.29) is 0 Å². The van der Waals surface area contributed by atoms with Crippen molar-refractivity contribution in [2.75, 3.05) is 26.7 Å². The smallest absolute Gasteiger partial charge is 0.191 e. The first-order valence-corrected chi connectivity index (χ1v) is 9.77. The third-order valence-corrected chi connectivity index (χ3v) is 5.66. The summed E-state index contributed by atoms with van der Waals surface area (Å²) < 4.78 is 1.78. The summed E-state index contributed by atoms with van der Waals surface area (Å²) in [6.45, 7) is 4.14. The van der Waals surface area contributed by atoms with Gasteiger partial charge in [0.1, 0.15) is 12.2 Å². The molecule has 0 amide bonds. The van der Waals surface area contributed by atoms with Crippen LogP contribution in [-0.2, 0) is 13.6 Å². The van der Waals surface area contributed by atoms with E-state index >= 15 is 0 Å². The van der Waals surface area contributed by atoms with Crippen LogP contribution in [0.1, 0.15) is 50.8 Å². The molecule has 7 heteroatoms. The standard InChI is InChI=1S/C18H33N7/c1-19-18(21-12-17-22-14-23-24(17)2)20-11-16-9-6-10-25(16)13-15-7-4-3-5-8-15/h14-16H,3-13H2,1-2H3,(H2,19,20,21). The van der Waals surface area contributed by atoms with Crippen molar-refractivity contribution in [1.82, 2.24) is 30.3 Å². The summed E-state index contributed by atoms with van der Waals surface area (Å²) in [6.07, 6.45) is 11.4. The molecular formula is C18H33N7. The Bertz CT molecular complexity index is 547. The van der Waals surface area contributed by atoms with Gasteiger partial charge in [-0.3, -0.25) is 14.6 Å². The monoisotopic (exact) mass is 347 g/mol. The first-order valence-electron chi connectivity index (χ1n) is 9.77. The van der Waals surface area contributed by atoms with Crippen molar-refractivity contribution in [3.63, 3.8) is 0 Å². The van der Waals surface area contributed by atoms with Gasteiger partial charge in [-0.1, -0.05) is 19.3 Å². The lowest BCUT2D eigenvalue weighted by molar-refractivity contribution is 0.188. The summed E-state index contributed by atoms with van der Waals surface area (Å²) in [7, 11) is 3.72. The molecule has 0 bridgehead atoms. The second kappa shape index (κ2) is 9.17. The summed E-state index contributed by atoms with van der Waals surface area (Å²) in [6, 6.07) is 0.635. The van der Waals surface area contributed by atoms with E-state index in [2.05, 4.69) is 30.6 Å². The highest BCUT2D eigenvalue weighted by molar-refractivity contribution is 5.79. The number of aromatic nitrogens is 3. The van der Waals surface area contributed by atoms with Gasteiger partial charge in [0.15, 0.2) is 5.96 Å². The van der Waals surface area contributed by atoms with Crippen LogP contribution in [0.5, 0.6) is 0 Å². The van der Waals surface area contributed by atoms with E-state index in [0.717, 1.165) is 24.2 Å². The van der Waals surface area contributed by atoms with Crippen LogP contribution in [0.15, 0.2) is 11.3 Å². The van der Waals surface area contributed by atoms with Crippen LogP contribution in [0.2, 0.25) is 0 Å². The lowest BCUT2D eigenvalue weighted by Gasteiger charge is -2.31. The molecule has 2 aliphatic rings. The van der Waals surface area contributed by atoms with Gasteiger partial charge in [0.2, 0.25) is 0 Å². The highest BCUT2D eigenvalue weighted by atomic mass is 15.3. The zero-order chi connectivity index (χ0) is 17.5. The number of likely N-dealkylation sites (tertiary alicyclic amines) is 1. The predicted octanol–water partition coefficient (Wildman–Crippen LogP) is 1.52. The third kappa shape index (κ3) is 5.17. The Morgan fingerprint density at radius 1 is 1.20 bits per heavy atom. The summed E-state index contributed by atoms with van der Waals surface area (Å²) in [4.78, 5) is 11.3. The average molecular weight is 348 g/mol. The molecule has 1 saturated carbocycles. The Morgan fingerprint density at radius 2 is 2.04 bits per heavy atom. The van der Waals surface area contributed by atoms with E-state index in [1.165, 1.54) is 58.0 Å². The molecule has 2 N–H and O–H groups in total. The fraction of sp³-hybridized carbons (Fsp3) is 0.833. The van der Waals surface area contributed by atoms with Gasteiger partial charge in [0.25, 0.3) is 0 Å². The van der Waals surface area contributed by atoms with Crippen molar-refractivity contribution in [1.29, 1.82) is 0 Å². The summed E-state index contributed by atoms with van der Waals surface area (Å²) >= 11 is 0. The van der Waals surface area contributed by atoms with Crippen molar-refractivity contribution in [2.45, 2.75) is 57.5 Å². The zero-order valence-corrected chi connectivity index (χ0v) is 15.7. The molecule has 0 radical (unpaired) electrons. The van der Waals surface area contributed by atoms with Gasteiger partial charge in [-0.2, -0.15) is 5.10 Å². The van der Waals surface area contributed by atoms with E-state index in [1.807, 2.05) is 14.1 Å². The molecule has 1 aliphatic carbocycles. The highest BCUT2D eigenvalue weighted by Gasteiger charge is 2.27. The first-order chi connectivity index (χ1) is 12.3. The van der Waals surface area contributed by atoms with Gasteiger partial charge >= 0.3 is 0 Å². The second-order valence-electron chi connectivity index (χ2n) is 7.40. The van der Waals surface area contributed by atoms with Gasteiger partial charge < -0.3 is 10.6 Å². The van der Waals surface area contributed by atoms with Gasteiger partial charge in [0.05, 0.1) is 6.54 Å². The minimum Gasteiger partial charge on any atom is -0.355 e. The summed E-state index contributed by atoms with van der Waals surface area (Å²) in [5, 5.41) is 10.9.